The van der Waals surface area contributed by atoms with Gasteiger partial charge in [0.05, 0.1) is 24.8 Å². The van der Waals surface area contributed by atoms with E-state index in [0.29, 0.717) is 36.6 Å². The molecule has 2 saturated heterocycles. The van der Waals surface area contributed by atoms with Crippen molar-refractivity contribution in [3.63, 3.8) is 0 Å². The highest BCUT2D eigenvalue weighted by molar-refractivity contribution is 6.00. The molecule has 4 rings (SSSR count). The summed E-state index contributed by atoms with van der Waals surface area (Å²) in [5, 5.41) is 17.4. The lowest BCUT2D eigenvalue weighted by atomic mass is 9.93. The minimum atomic E-state index is -0.986. The van der Waals surface area contributed by atoms with E-state index in [1.165, 1.54) is 12.1 Å². The summed E-state index contributed by atoms with van der Waals surface area (Å²) in [7, 11) is 1.61. The van der Waals surface area contributed by atoms with E-state index in [2.05, 4.69) is 17.6 Å². The van der Waals surface area contributed by atoms with Crippen molar-refractivity contribution in [1.82, 2.24) is 15.5 Å². The lowest BCUT2D eigenvalue weighted by Crippen LogP contribution is -2.52. The number of benzene rings is 2. The summed E-state index contributed by atoms with van der Waals surface area (Å²) in [6.07, 6.45) is 1.53. The number of aliphatic hydroxyl groups is 1. The van der Waals surface area contributed by atoms with Crippen LogP contribution in [0.5, 0.6) is 0 Å². The molecule has 2 aromatic rings. The van der Waals surface area contributed by atoms with Crippen molar-refractivity contribution in [2.75, 3.05) is 26.8 Å². The van der Waals surface area contributed by atoms with Crippen LogP contribution in [0, 0.1) is 24.5 Å². The SMILES string of the molecule is COC[C@H]1CCCN1C(=O)c1cc(C)cc(C(=O)N[C@@H](Cc2cc(F)cc(F)c2)[C@H](O)[C@H]2CC(C)CN2)c1. The fraction of sp³-hybridized carbons (Fsp3) is 0.517. The summed E-state index contributed by atoms with van der Waals surface area (Å²) in [4.78, 5) is 28.6. The molecule has 2 heterocycles. The zero-order chi connectivity index (χ0) is 27.4. The largest absolute Gasteiger partial charge is 0.389 e. The van der Waals surface area contributed by atoms with Gasteiger partial charge in [0.25, 0.3) is 11.8 Å². The summed E-state index contributed by atoms with van der Waals surface area (Å²) < 4.78 is 33.0. The van der Waals surface area contributed by atoms with Crippen LogP contribution in [0.2, 0.25) is 0 Å². The normalized spacial score (nSPS) is 22.9. The number of carbonyl (C=O) groups excluding carboxylic acids is 2. The molecule has 2 amide bonds. The van der Waals surface area contributed by atoms with Gasteiger partial charge in [0.2, 0.25) is 0 Å². The number of ether oxygens (including phenoxy) is 1. The number of hydrogen-bond donors (Lipinski definition) is 3. The lowest BCUT2D eigenvalue weighted by Gasteiger charge is -2.29. The van der Waals surface area contributed by atoms with Crippen molar-refractivity contribution < 1.29 is 28.2 Å². The number of nitrogens with zero attached hydrogens (tertiary/aromatic N) is 1. The number of halogens is 2. The average molecular weight is 530 g/mol. The highest BCUT2D eigenvalue weighted by atomic mass is 19.1. The summed E-state index contributed by atoms with van der Waals surface area (Å²) >= 11 is 0. The molecule has 0 saturated carbocycles. The second-order valence-corrected chi connectivity index (χ2v) is 10.7. The number of hydrogen-bond acceptors (Lipinski definition) is 5. The van der Waals surface area contributed by atoms with Crippen LogP contribution in [0.25, 0.3) is 0 Å². The molecule has 9 heteroatoms. The Bertz CT molecular complexity index is 1140. The van der Waals surface area contributed by atoms with Crippen LogP contribution in [-0.2, 0) is 11.2 Å². The molecule has 38 heavy (non-hydrogen) atoms. The molecule has 2 aliphatic rings. The van der Waals surface area contributed by atoms with E-state index in [4.69, 9.17) is 4.74 Å². The lowest BCUT2D eigenvalue weighted by molar-refractivity contribution is 0.0630. The molecule has 2 aliphatic heterocycles. The molecular formula is C29H37F2N3O4. The minimum Gasteiger partial charge on any atom is -0.389 e. The maximum atomic E-state index is 13.9. The number of methoxy groups -OCH3 is 1. The third kappa shape index (κ3) is 6.76. The van der Waals surface area contributed by atoms with Crippen molar-refractivity contribution in [1.29, 1.82) is 0 Å². The maximum absolute atomic E-state index is 13.9. The Kier molecular flexibility index (Phi) is 9.12. The Hall–Kier alpha value is -2.88. The first-order chi connectivity index (χ1) is 18.1. The third-order valence-electron chi connectivity index (χ3n) is 7.49. The van der Waals surface area contributed by atoms with Gasteiger partial charge in [-0.1, -0.05) is 6.92 Å². The van der Waals surface area contributed by atoms with Gasteiger partial charge in [0.15, 0.2) is 0 Å². The topological polar surface area (TPSA) is 90.9 Å². The highest BCUT2D eigenvalue weighted by Crippen LogP contribution is 2.23. The molecule has 0 spiro atoms. The van der Waals surface area contributed by atoms with Gasteiger partial charge in [-0.05, 0) is 86.5 Å². The van der Waals surface area contributed by atoms with Crippen LogP contribution in [-0.4, -0.2) is 72.9 Å². The van der Waals surface area contributed by atoms with Gasteiger partial charge in [-0.15, -0.1) is 0 Å². The number of amides is 2. The summed E-state index contributed by atoms with van der Waals surface area (Å²) in [6, 6.07) is 7.12. The molecule has 0 aliphatic carbocycles. The Morgan fingerprint density at radius 2 is 1.87 bits per heavy atom. The van der Waals surface area contributed by atoms with Crippen LogP contribution in [0.4, 0.5) is 8.78 Å². The van der Waals surface area contributed by atoms with Crippen LogP contribution >= 0.6 is 0 Å². The first kappa shape index (κ1) is 28.1. The molecule has 3 N–H and O–H groups in total. The van der Waals surface area contributed by atoms with E-state index < -0.39 is 29.7 Å². The Balaban J connectivity index is 1.56. The molecule has 5 atom stereocenters. The molecule has 206 valence electrons. The standard InChI is InChI=1S/C29H37F2N3O4/c1-17-7-20(13-21(8-17)29(37)34-6-4-5-24(34)16-38-3)28(36)33-26(27(35)25-9-18(2)15-32-25)12-19-10-22(30)14-23(31)11-19/h7-8,10-11,13-14,18,24-27,32,35H,4-6,9,12,15-16H2,1-3H3,(H,33,36)/t18?,24-,25-,26+,27-/m1/s1. The molecule has 2 aromatic carbocycles. The number of aliphatic hydroxyl groups excluding tert-OH is 1. The molecule has 0 radical (unpaired) electrons. The van der Waals surface area contributed by atoms with E-state index in [9.17, 15) is 23.5 Å². The number of nitrogens with one attached hydrogen (secondary N) is 2. The van der Waals surface area contributed by atoms with Gasteiger partial charge in [0.1, 0.15) is 11.6 Å². The molecule has 2 fully saturated rings. The minimum absolute atomic E-state index is 0.00205. The van der Waals surface area contributed by atoms with Crippen LogP contribution in [0.1, 0.15) is 58.0 Å². The number of rotatable bonds is 9. The molecule has 1 unspecified atom stereocenters. The Labute approximate surface area is 222 Å². The zero-order valence-electron chi connectivity index (χ0n) is 22.2. The third-order valence-corrected chi connectivity index (χ3v) is 7.49. The van der Waals surface area contributed by atoms with Gasteiger partial charge < -0.3 is 25.4 Å². The second-order valence-electron chi connectivity index (χ2n) is 10.7. The van der Waals surface area contributed by atoms with Crippen molar-refractivity contribution in [3.05, 3.63) is 70.3 Å². The van der Waals surface area contributed by atoms with E-state index in [1.807, 2.05) is 6.92 Å². The first-order valence-electron chi connectivity index (χ1n) is 13.2. The van der Waals surface area contributed by atoms with E-state index in [-0.39, 0.29) is 30.0 Å². The Morgan fingerprint density at radius 3 is 2.53 bits per heavy atom. The molecular weight excluding hydrogens is 492 g/mol. The number of carbonyl (C=O) groups is 2. The monoisotopic (exact) mass is 529 g/mol. The second kappa shape index (κ2) is 12.3. The van der Waals surface area contributed by atoms with Crippen LogP contribution in [0.15, 0.2) is 36.4 Å². The van der Waals surface area contributed by atoms with E-state index in [0.717, 1.165) is 31.0 Å². The smallest absolute Gasteiger partial charge is 0.254 e. The first-order valence-corrected chi connectivity index (χ1v) is 13.2. The number of likely N-dealkylation sites (tertiary alicyclic amines) is 1. The van der Waals surface area contributed by atoms with Crippen molar-refractivity contribution in [2.45, 2.75) is 63.8 Å². The summed E-state index contributed by atoms with van der Waals surface area (Å²) in [6.45, 7) is 5.71. The van der Waals surface area contributed by atoms with E-state index in [1.54, 1.807) is 30.2 Å². The van der Waals surface area contributed by atoms with Crippen molar-refractivity contribution >= 4 is 11.8 Å². The Morgan fingerprint density at radius 1 is 1.16 bits per heavy atom. The van der Waals surface area contributed by atoms with Gasteiger partial charge in [-0.3, -0.25) is 9.59 Å². The van der Waals surface area contributed by atoms with Gasteiger partial charge in [0, 0.05) is 36.9 Å². The van der Waals surface area contributed by atoms with Crippen molar-refractivity contribution in [2.24, 2.45) is 5.92 Å². The average Bonchev–Trinajstić information content (AvgIpc) is 3.51. The highest BCUT2D eigenvalue weighted by Gasteiger charge is 2.34. The fourth-order valence-electron chi connectivity index (χ4n) is 5.66. The zero-order valence-corrected chi connectivity index (χ0v) is 22.2. The predicted octanol–water partition coefficient (Wildman–Crippen LogP) is 3.22. The summed E-state index contributed by atoms with van der Waals surface area (Å²) in [5.41, 5.74) is 1.77. The van der Waals surface area contributed by atoms with Crippen molar-refractivity contribution in [3.8, 4) is 0 Å². The van der Waals surface area contributed by atoms with Gasteiger partial charge in [-0.25, -0.2) is 8.78 Å². The molecule has 0 bridgehead atoms. The van der Waals surface area contributed by atoms with E-state index >= 15 is 0 Å². The molecule has 7 nitrogen and oxygen atoms in total. The van der Waals surface area contributed by atoms with Gasteiger partial charge >= 0.3 is 0 Å². The fourth-order valence-corrected chi connectivity index (χ4v) is 5.66. The van der Waals surface area contributed by atoms with Crippen LogP contribution < -0.4 is 10.6 Å². The predicted molar refractivity (Wildman–Crippen MR) is 140 cm³/mol. The van der Waals surface area contributed by atoms with Crippen LogP contribution in [0.3, 0.4) is 0 Å². The number of aryl methyl sites for hydroxylation is 1. The maximum Gasteiger partial charge on any atom is 0.254 e. The molecule has 0 aromatic heterocycles. The quantitative estimate of drug-likeness (QED) is 0.464. The summed E-state index contributed by atoms with van der Waals surface area (Å²) in [5.74, 6) is -1.70. The van der Waals surface area contributed by atoms with Gasteiger partial charge in [-0.2, -0.15) is 0 Å².